The summed E-state index contributed by atoms with van der Waals surface area (Å²) >= 11 is 0. The highest BCUT2D eigenvalue weighted by Gasteiger charge is 2.26. The van der Waals surface area contributed by atoms with Gasteiger partial charge in [-0.1, -0.05) is 0 Å². The molecule has 104 valence electrons. The third-order valence-electron chi connectivity index (χ3n) is 3.55. The maximum Gasteiger partial charge on any atom is 0.306 e. The predicted molar refractivity (Wildman–Crippen MR) is 65.9 cm³/mol. The van der Waals surface area contributed by atoms with Crippen LogP contribution in [0, 0.1) is 11.8 Å². The van der Waals surface area contributed by atoms with Crippen LogP contribution in [0.4, 0.5) is 0 Å². The Morgan fingerprint density at radius 3 is 2.44 bits per heavy atom. The van der Waals surface area contributed by atoms with Gasteiger partial charge >= 0.3 is 5.97 Å². The number of carbonyl (C=O) groups excluding carboxylic acids is 1. The van der Waals surface area contributed by atoms with E-state index < -0.39 is 12.1 Å². The molecule has 6 nitrogen and oxygen atoms in total. The number of hydrogen-bond donors (Lipinski definition) is 3. The number of methoxy groups -OCH3 is 1. The zero-order valence-electron chi connectivity index (χ0n) is 10.7. The summed E-state index contributed by atoms with van der Waals surface area (Å²) in [6.45, 7) is 0.735. The van der Waals surface area contributed by atoms with E-state index in [1.807, 2.05) is 0 Å². The molecule has 0 aliphatic heterocycles. The van der Waals surface area contributed by atoms with Crippen molar-refractivity contribution < 1.29 is 19.4 Å². The van der Waals surface area contributed by atoms with E-state index in [0.29, 0.717) is 25.3 Å². The SMILES string of the molecule is COC(CN)C(=O)NCC1CCC(C(=O)O)CC1. The fraction of sp³-hybridized carbons (Fsp3) is 0.833. The van der Waals surface area contributed by atoms with Crippen LogP contribution in [0.25, 0.3) is 0 Å². The van der Waals surface area contributed by atoms with Gasteiger partial charge in [0.25, 0.3) is 0 Å². The van der Waals surface area contributed by atoms with Crippen LogP contribution in [0.1, 0.15) is 25.7 Å². The number of carboxylic acid groups (broad SMARTS) is 1. The second-order valence-electron chi connectivity index (χ2n) is 4.76. The first kappa shape index (κ1) is 14.9. The van der Waals surface area contributed by atoms with E-state index in [2.05, 4.69) is 5.32 Å². The van der Waals surface area contributed by atoms with Crippen molar-refractivity contribution in [1.29, 1.82) is 0 Å². The average Bonchev–Trinajstić information content (AvgIpc) is 2.38. The monoisotopic (exact) mass is 258 g/mol. The highest BCUT2D eigenvalue weighted by atomic mass is 16.5. The van der Waals surface area contributed by atoms with Crippen molar-refractivity contribution in [1.82, 2.24) is 5.32 Å². The molecule has 0 aromatic rings. The summed E-state index contributed by atoms with van der Waals surface area (Å²) in [5, 5.41) is 11.7. The van der Waals surface area contributed by atoms with Gasteiger partial charge in [0, 0.05) is 20.2 Å². The molecule has 1 saturated carbocycles. The van der Waals surface area contributed by atoms with Crippen LogP contribution in [0.2, 0.25) is 0 Å². The third-order valence-corrected chi connectivity index (χ3v) is 3.55. The molecule has 18 heavy (non-hydrogen) atoms. The quantitative estimate of drug-likeness (QED) is 0.621. The van der Waals surface area contributed by atoms with Crippen molar-refractivity contribution in [2.45, 2.75) is 31.8 Å². The van der Waals surface area contributed by atoms with Gasteiger partial charge in [0.1, 0.15) is 6.10 Å². The van der Waals surface area contributed by atoms with Gasteiger partial charge in [0.15, 0.2) is 0 Å². The number of hydrogen-bond acceptors (Lipinski definition) is 4. The first-order valence-corrected chi connectivity index (χ1v) is 6.31. The van der Waals surface area contributed by atoms with Crippen LogP contribution in [-0.2, 0) is 14.3 Å². The van der Waals surface area contributed by atoms with Gasteiger partial charge in [0.2, 0.25) is 5.91 Å². The molecule has 0 heterocycles. The number of rotatable bonds is 6. The standard InChI is InChI=1S/C12H22N2O4/c1-18-10(6-13)11(15)14-7-8-2-4-9(5-3-8)12(16)17/h8-10H,2-7,13H2,1H3,(H,14,15)(H,16,17). The Labute approximate surface area is 107 Å². The van der Waals surface area contributed by atoms with Crippen molar-refractivity contribution in [2.24, 2.45) is 17.6 Å². The fourth-order valence-corrected chi connectivity index (χ4v) is 2.28. The van der Waals surface area contributed by atoms with E-state index in [1.54, 1.807) is 0 Å². The van der Waals surface area contributed by atoms with Crippen molar-refractivity contribution >= 4 is 11.9 Å². The number of carboxylic acids is 1. The molecule has 0 bridgehead atoms. The number of amides is 1. The molecule has 0 saturated heterocycles. The summed E-state index contributed by atoms with van der Waals surface area (Å²) < 4.78 is 4.93. The molecule has 1 aliphatic carbocycles. The largest absolute Gasteiger partial charge is 0.481 e. The fourth-order valence-electron chi connectivity index (χ4n) is 2.28. The molecule has 0 spiro atoms. The molecular weight excluding hydrogens is 236 g/mol. The number of carbonyl (C=O) groups is 2. The van der Waals surface area contributed by atoms with Crippen molar-refractivity contribution in [3.05, 3.63) is 0 Å². The van der Waals surface area contributed by atoms with Crippen molar-refractivity contribution in [3.63, 3.8) is 0 Å². The molecule has 1 aliphatic rings. The van der Waals surface area contributed by atoms with Crippen molar-refractivity contribution in [3.8, 4) is 0 Å². The van der Waals surface area contributed by atoms with Gasteiger partial charge in [-0.15, -0.1) is 0 Å². The number of aliphatic carboxylic acids is 1. The Balaban J connectivity index is 2.25. The van der Waals surface area contributed by atoms with Crippen LogP contribution in [0.5, 0.6) is 0 Å². The van der Waals surface area contributed by atoms with E-state index in [0.717, 1.165) is 12.8 Å². The molecule has 1 amide bonds. The number of nitrogens with one attached hydrogen (secondary N) is 1. The Morgan fingerprint density at radius 1 is 1.39 bits per heavy atom. The Kier molecular flexibility index (Phi) is 6.07. The highest BCUT2D eigenvalue weighted by molar-refractivity contribution is 5.81. The number of ether oxygens (including phenoxy) is 1. The predicted octanol–water partition coefficient (Wildman–Crippen LogP) is -0.0327. The lowest BCUT2D eigenvalue weighted by atomic mass is 9.82. The van der Waals surface area contributed by atoms with Crippen LogP contribution >= 0.6 is 0 Å². The molecule has 1 atom stereocenters. The Bertz CT molecular complexity index is 284. The zero-order valence-corrected chi connectivity index (χ0v) is 10.7. The molecule has 1 fully saturated rings. The summed E-state index contributed by atoms with van der Waals surface area (Å²) in [5.74, 6) is -0.757. The van der Waals surface area contributed by atoms with Crippen LogP contribution < -0.4 is 11.1 Å². The normalized spacial score (nSPS) is 25.4. The first-order valence-electron chi connectivity index (χ1n) is 6.31. The lowest BCUT2D eigenvalue weighted by molar-refractivity contribution is -0.143. The maximum atomic E-state index is 11.6. The van der Waals surface area contributed by atoms with E-state index in [9.17, 15) is 9.59 Å². The summed E-state index contributed by atoms with van der Waals surface area (Å²) in [4.78, 5) is 22.4. The lowest BCUT2D eigenvalue weighted by Gasteiger charge is -2.26. The van der Waals surface area contributed by atoms with Gasteiger partial charge in [-0.3, -0.25) is 9.59 Å². The van der Waals surface area contributed by atoms with Crippen LogP contribution in [0.15, 0.2) is 0 Å². The molecule has 1 rings (SSSR count). The summed E-state index contributed by atoms with van der Waals surface area (Å²) in [6, 6.07) is 0. The van der Waals surface area contributed by atoms with E-state index >= 15 is 0 Å². The third kappa shape index (κ3) is 4.27. The van der Waals surface area contributed by atoms with E-state index in [-0.39, 0.29) is 18.4 Å². The first-order chi connectivity index (χ1) is 8.58. The van der Waals surface area contributed by atoms with Gasteiger partial charge in [-0.05, 0) is 31.6 Å². The topological polar surface area (TPSA) is 102 Å². The summed E-state index contributed by atoms with van der Waals surface area (Å²) in [5.41, 5.74) is 5.39. The second-order valence-corrected chi connectivity index (χ2v) is 4.76. The molecule has 4 N–H and O–H groups in total. The molecular formula is C12H22N2O4. The van der Waals surface area contributed by atoms with Crippen LogP contribution in [0.3, 0.4) is 0 Å². The van der Waals surface area contributed by atoms with Gasteiger partial charge < -0.3 is 20.9 Å². The zero-order chi connectivity index (χ0) is 13.5. The van der Waals surface area contributed by atoms with E-state index in [1.165, 1.54) is 7.11 Å². The van der Waals surface area contributed by atoms with Gasteiger partial charge in [0.05, 0.1) is 5.92 Å². The number of nitrogens with two attached hydrogens (primary N) is 1. The highest BCUT2D eigenvalue weighted by Crippen LogP contribution is 2.28. The summed E-state index contributed by atoms with van der Waals surface area (Å²) in [6.07, 6.45) is 2.48. The molecule has 0 aromatic heterocycles. The minimum absolute atomic E-state index is 0.161. The molecule has 0 aromatic carbocycles. The summed E-state index contributed by atoms with van der Waals surface area (Å²) in [7, 11) is 1.45. The minimum Gasteiger partial charge on any atom is -0.481 e. The smallest absolute Gasteiger partial charge is 0.306 e. The van der Waals surface area contributed by atoms with Gasteiger partial charge in [-0.25, -0.2) is 0 Å². The Morgan fingerprint density at radius 2 is 2.00 bits per heavy atom. The van der Waals surface area contributed by atoms with Gasteiger partial charge in [-0.2, -0.15) is 0 Å². The average molecular weight is 258 g/mol. The van der Waals surface area contributed by atoms with Crippen LogP contribution in [-0.4, -0.2) is 43.3 Å². The minimum atomic E-state index is -0.708. The van der Waals surface area contributed by atoms with E-state index in [4.69, 9.17) is 15.6 Å². The van der Waals surface area contributed by atoms with Crippen molar-refractivity contribution in [2.75, 3.05) is 20.2 Å². The molecule has 0 radical (unpaired) electrons. The Hall–Kier alpha value is -1.14. The second kappa shape index (κ2) is 7.33. The maximum absolute atomic E-state index is 11.6. The molecule has 6 heteroatoms. The molecule has 1 unspecified atom stereocenters. The lowest BCUT2D eigenvalue weighted by Crippen LogP contribution is -2.42.